The van der Waals surface area contributed by atoms with Crippen LogP contribution in [0.15, 0.2) is 200 Å². The molecule has 52 heavy (non-hydrogen) atoms. The zero-order valence-corrected chi connectivity index (χ0v) is 28.4. The van der Waals surface area contributed by atoms with Crippen molar-refractivity contribution in [2.45, 2.75) is 5.41 Å². The molecule has 3 heteroatoms. The molecule has 1 aliphatic carbocycles. The molecule has 0 N–H and O–H groups in total. The summed E-state index contributed by atoms with van der Waals surface area (Å²) in [7, 11) is 0. The average molecular weight is 664 g/mol. The number of benzene rings is 7. The quantitative estimate of drug-likeness (QED) is 0.177. The predicted molar refractivity (Wildman–Crippen MR) is 212 cm³/mol. The van der Waals surface area contributed by atoms with E-state index in [-0.39, 0.29) is 0 Å². The zero-order valence-electron chi connectivity index (χ0n) is 28.4. The number of aromatic nitrogens is 3. The summed E-state index contributed by atoms with van der Waals surface area (Å²) in [6.07, 6.45) is 1.90. The lowest BCUT2D eigenvalue weighted by Crippen LogP contribution is -2.28. The van der Waals surface area contributed by atoms with Crippen LogP contribution in [0, 0.1) is 0 Å². The van der Waals surface area contributed by atoms with Crippen LogP contribution in [-0.2, 0) is 5.41 Å². The summed E-state index contributed by atoms with van der Waals surface area (Å²) < 4.78 is 2.25. The number of para-hydroxylation sites is 3. The molecule has 0 bridgehead atoms. The largest absolute Gasteiger partial charge is 0.292 e. The Morgan fingerprint density at radius 1 is 0.423 bits per heavy atom. The van der Waals surface area contributed by atoms with Gasteiger partial charge in [-0.25, -0.2) is 4.98 Å². The third-order valence-electron chi connectivity index (χ3n) is 10.6. The van der Waals surface area contributed by atoms with Crippen molar-refractivity contribution in [2.75, 3.05) is 0 Å². The van der Waals surface area contributed by atoms with Crippen LogP contribution >= 0.6 is 0 Å². The summed E-state index contributed by atoms with van der Waals surface area (Å²) in [4.78, 5) is 10.1. The molecule has 0 spiro atoms. The Labute approximate surface area is 303 Å². The first kappa shape index (κ1) is 30.0. The molecule has 10 rings (SSSR count). The molecule has 0 atom stereocenters. The lowest BCUT2D eigenvalue weighted by molar-refractivity contribution is 0.768. The van der Waals surface area contributed by atoms with E-state index in [4.69, 9.17) is 9.97 Å². The summed E-state index contributed by atoms with van der Waals surface area (Å²) >= 11 is 0. The Balaban J connectivity index is 1.21. The number of hydrogen-bond donors (Lipinski definition) is 0. The highest BCUT2D eigenvalue weighted by molar-refractivity contribution is 6.01. The van der Waals surface area contributed by atoms with Gasteiger partial charge in [-0.3, -0.25) is 9.55 Å². The van der Waals surface area contributed by atoms with Gasteiger partial charge in [-0.05, 0) is 80.9 Å². The van der Waals surface area contributed by atoms with Gasteiger partial charge in [0, 0.05) is 23.0 Å². The van der Waals surface area contributed by atoms with E-state index in [2.05, 4.69) is 187 Å². The lowest BCUT2D eigenvalue weighted by atomic mass is 9.67. The maximum atomic E-state index is 5.13. The van der Waals surface area contributed by atoms with E-state index in [0.29, 0.717) is 0 Å². The Kier molecular flexibility index (Phi) is 7.04. The number of rotatable bonds is 6. The van der Waals surface area contributed by atoms with Crippen LogP contribution in [0.25, 0.3) is 61.6 Å². The second-order valence-corrected chi connectivity index (χ2v) is 13.3. The van der Waals surface area contributed by atoms with Crippen LogP contribution in [0.2, 0.25) is 0 Å². The molecule has 0 fully saturated rings. The van der Waals surface area contributed by atoms with Gasteiger partial charge in [0.2, 0.25) is 0 Å². The SMILES string of the molecule is c1ccc(-n2c(-c3ccc(-c4ccc5c(c4-c4ccccn4)-c4ccccc4C5(c4ccccc4)c4ccccc4)cc3)nc3ccccc32)cc1. The molecular weight excluding hydrogens is 631 g/mol. The fraction of sp³-hybridized carbons (Fsp3) is 0.0204. The van der Waals surface area contributed by atoms with Crippen molar-refractivity contribution >= 4 is 11.0 Å². The molecule has 1 aliphatic rings. The number of pyridine rings is 1. The Hall–Kier alpha value is -6.84. The molecule has 2 aromatic heterocycles. The molecule has 0 radical (unpaired) electrons. The van der Waals surface area contributed by atoms with Crippen LogP contribution in [-0.4, -0.2) is 14.5 Å². The van der Waals surface area contributed by atoms with Crippen molar-refractivity contribution in [1.82, 2.24) is 14.5 Å². The summed E-state index contributed by atoms with van der Waals surface area (Å²) in [5, 5.41) is 0. The van der Waals surface area contributed by atoms with Gasteiger partial charge in [-0.2, -0.15) is 0 Å². The monoisotopic (exact) mass is 663 g/mol. The molecule has 3 nitrogen and oxygen atoms in total. The van der Waals surface area contributed by atoms with Crippen LogP contribution in [0.3, 0.4) is 0 Å². The van der Waals surface area contributed by atoms with E-state index in [0.717, 1.165) is 50.5 Å². The minimum absolute atomic E-state index is 0.489. The van der Waals surface area contributed by atoms with Gasteiger partial charge in [0.05, 0.1) is 22.1 Å². The maximum absolute atomic E-state index is 5.13. The second-order valence-electron chi connectivity index (χ2n) is 13.3. The molecule has 0 saturated carbocycles. The number of fused-ring (bicyclic) bond motifs is 4. The first-order valence-electron chi connectivity index (χ1n) is 17.8. The molecule has 7 aromatic carbocycles. The Bertz CT molecular complexity index is 2660. The maximum Gasteiger partial charge on any atom is 0.145 e. The van der Waals surface area contributed by atoms with Crippen molar-refractivity contribution in [1.29, 1.82) is 0 Å². The van der Waals surface area contributed by atoms with E-state index in [1.807, 2.05) is 18.3 Å². The summed E-state index contributed by atoms with van der Waals surface area (Å²) in [5.74, 6) is 0.919. The second kappa shape index (κ2) is 12.2. The van der Waals surface area contributed by atoms with Crippen molar-refractivity contribution < 1.29 is 0 Å². The van der Waals surface area contributed by atoms with E-state index in [1.165, 1.54) is 33.4 Å². The highest BCUT2D eigenvalue weighted by Gasteiger charge is 2.47. The Morgan fingerprint density at radius 3 is 1.75 bits per heavy atom. The standard InChI is InChI=1S/C49H33N3/c1-4-16-36(17-5-1)49(37-18-6-2-7-19-37)41-23-11-10-22-40(41)46-42(49)32-31-39(47(46)44-25-14-15-33-50-44)34-27-29-35(30-28-34)48-51-43-24-12-13-26-45(43)52(48)38-20-8-3-9-21-38/h1-33H. The fourth-order valence-electron chi connectivity index (χ4n) is 8.41. The molecule has 0 saturated heterocycles. The lowest BCUT2D eigenvalue weighted by Gasteiger charge is -2.34. The summed E-state index contributed by atoms with van der Waals surface area (Å²) in [5.41, 5.74) is 15.6. The van der Waals surface area contributed by atoms with Crippen LogP contribution < -0.4 is 0 Å². The fourth-order valence-corrected chi connectivity index (χ4v) is 8.41. The van der Waals surface area contributed by atoms with Gasteiger partial charge in [-0.1, -0.05) is 158 Å². The normalized spacial score (nSPS) is 12.8. The van der Waals surface area contributed by atoms with E-state index < -0.39 is 5.41 Å². The molecule has 2 heterocycles. The molecule has 9 aromatic rings. The average Bonchev–Trinajstić information content (AvgIpc) is 3.77. The van der Waals surface area contributed by atoms with Crippen molar-refractivity contribution in [2.24, 2.45) is 0 Å². The molecule has 244 valence electrons. The minimum Gasteiger partial charge on any atom is -0.292 e. The molecular formula is C49H33N3. The van der Waals surface area contributed by atoms with Gasteiger partial charge in [-0.15, -0.1) is 0 Å². The summed E-state index contributed by atoms with van der Waals surface area (Å²) in [6.45, 7) is 0. The van der Waals surface area contributed by atoms with Gasteiger partial charge in [0.25, 0.3) is 0 Å². The van der Waals surface area contributed by atoms with E-state index >= 15 is 0 Å². The third-order valence-corrected chi connectivity index (χ3v) is 10.6. The van der Waals surface area contributed by atoms with Crippen molar-refractivity contribution in [3.8, 4) is 50.6 Å². The van der Waals surface area contributed by atoms with Crippen LogP contribution in [0.4, 0.5) is 0 Å². The van der Waals surface area contributed by atoms with E-state index in [9.17, 15) is 0 Å². The number of imidazole rings is 1. The number of hydrogen-bond acceptors (Lipinski definition) is 2. The topological polar surface area (TPSA) is 30.7 Å². The smallest absolute Gasteiger partial charge is 0.145 e. The highest BCUT2D eigenvalue weighted by Crippen LogP contribution is 2.59. The van der Waals surface area contributed by atoms with Crippen LogP contribution in [0.1, 0.15) is 22.3 Å². The predicted octanol–water partition coefficient (Wildman–Crippen LogP) is 11.8. The first-order valence-corrected chi connectivity index (χ1v) is 17.8. The van der Waals surface area contributed by atoms with E-state index in [1.54, 1.807) is 0 Å². The number of nitrogens with zero attached hydrogens (tertiary/aromatic N) is 3. The minimum atomic E-state index is -0.489. The van der Waals surface area contributed by atoms with Crippen LogP contribution in [0.5, 0.6) is 0 Å². The Morgan fingerprint density at radius 2 is 1.04 bits per heavy atom. The van der Waals surface area contributed by atoms with Gasteiger partial charge < -0.3 is 0 Å². The first-order chi connectivity index (χ1) is 25.8. The third kappa shape index (κ3) is 4.53. The molecule has 0 unspecified atom stereocenters. The molecule has 0 amide bonds. The van der Waals surface area contributed by atoms with Gasteiger partial charge in [0.15, 0.2) is 0 Å². The van der Waals surface area contributed by atoms with Crippen molar-refractivity contribution in [3.63, 3.8) is 0 Å². The molecule has 0 aliphatic heterocycles. The van der Waals surface area contributed by atoms with Crippen molar-refractivity contribution in [3.05, 3.63) is 223 Å². The van der Waals surface area contributed by atoms with Gasteiger partial charge >= 0.3 is 0 Å². The zero-order chi connectivity index (χ0) is 34.5. The van der Waals surface area contributed by atoms with Gasteiger partial charge in [0.1, 0.15) is 5.82 Å². The highest BCUT2D eigenvalue weighted by atomic mass is 15.1. The summed E-state index contributed by atoms with van der Waals surface area (Å²) in [6, 6.07) is 69.5.